The van der Waals surface area contributed by atoms with E-state index >= 15 is 0 Å². The van der Waals surface area contributed by atoms with Crippen molar-refractivity contribution in [2.75, 3.05) is 31.3 Å². The first kappa shape index (κ1) is 18.7. The van der Waals surface area contributed by atoms with Crippen molar-refractivity contribution in [3.8, 4) is 6.07 Å². The van der Waals surface area contributed by atoms with Gasteiger partial charge in [-0.3, -0.25) is 4.79 Å². The Bertz CT molecular complexity index is 529. The van der Waals surface area contributed by atoms with Crippen LogP contribution in [0.15, 0.2) is 4.34 Å². The van der Waals surface area contributed by atoms with Crippen molar-refractivity contribution in [3.05, 3.63) is 0 Å². The van der Waals surface area contributed by atoms with Gasteiger partial charge in [0.2, 0.25) is 11.0 Å². The number of ether oxygens (including phenoxy) is 1. The quantitative estimate of drug-likeness (QED) is 0.520. The van der Waals surface area contributed by atoms with Crippen LogP contribution in [0.4, 0.5) is 5.13 Å². The number of carbonyl (C=O) groups is 1. The molecule has 1 unspecified atom stereocenters. The van der Waals surface area contributed by atoms with Crippen molar-refractivity contribution in [1.82, 2.24) is 15.5 Å². The number of carbonyl (C=O) groups excluding carboxylic acids is 1. The minimum atomic E-state index is -0.856. The van der Waals surface area contributed by atoms with Gasteiger partial charge < -0.3 is 15.4 Å². The Balaban J connectivity index is 2.43. The zero-order chi connectivity index (χ0) is 16.6. The molecule has 0 bridgehead atoms. The van der Waals surface area contributed by atoms with Crippen LogP contribution in [0.3, 0.4) is 0 Å². The van der Waals surface area contributed by atoms with E-state index < -0.39 is 5.54 Å². The highest BCUT2D eigenvalue weighted by molar-refractivity contribution is 8.01. The lowest BCUT2D eigenvalue weighted by Gasteiger charge is -2.27. The van der Waals surface area contributed by atoms with Crippen molar-refractivity contribution in [1.29, 1.82) is 5.26 Å². The first-order chi connectivity index (χ1) is 10.4. The van der Waals surface area contributed by atoms with Crippen LogP contribution in [-0.4, -0.2) is 47.7 Å². The monoisotopic (exact) mass is 343 g/mol. The van der Waals surface area contributed by atoms with Crippen molar-refractivity contribution < 1.29 is 9.53 Å². The van der Waals surface area contributed by atoms with Gasteiger partial charge in [-0.05, 0) is 12.8 Å². The van der Waals surface area contributed by atoms with Crippen molar-refractivity contribution in [2.24, 2.45) is 5.92 Å². The number of nitrogens with one attached hydrogen (secondary N) is 2. The third kappa shape index (κ3) is 5.79. The summed E-state index contributed by atoms with van der Waals surface area (Å²) in [4.78, 5) is 12.0. The molecule has 0 aliphatic carbocycles. The Morgan fingerprint density at radius 3 is 2.86 bits per heavy atom. The van der Waals surface area contributed by atoms with Gasteiger partial charge in [-0.2, -0.15) is 5.26 Å². The molecule has 1 amide bonds. The third-order valence-corrected chi connectivity index (χ3v) is 5.12. The van der Waals surface area contributed by atoms with Crippen molar-refractivity contribution >= 4 is 34.1 Å². The Hall–Kier alpha value is -1.37. The van der Waals surface area contributed by atoms with E-state index in [-0.39, 0.29) is 17.6 Å². The van der Waals surface area contributed by atoms with Crippen molar-refractivity contribution in [3.63, 3.8) is 0 Å². The Morgan fingerprint density at radius 1 is 1.55 bits per heavy atom. The highest BCUT2D eigenvalue weighted by atomic mass is 32.2. The number of anilines is 1. The summed E-state index contributed by atoms with van der Waals surface area (Å²) in [5.41, 5.74) is -0.856. The average molecular weight is 343 g/mol. The van der Waals surface area contributed by atoms with E-state index in [1.807, 2.05) is 13.8 Å². The molecule has 1 rings (SSSR count). The molecule has 0 saturated carbocycles. The number of nitriles is 1. The smallest absolute Gasteiger partial charge is 0.231 e. The standard InChI is InChI=1S/C13H21N5O2S2/c1-9(2)13(3,8-14)16-10(19)7-21-12-18-17-11(22-12)15-5-6-20-4/h9H,5-7H2,1-4H3,(H,15,17)(H,16,19). The molecule has 1 heterocycles. The normalized spacial score (nSPS) is 13.5. The highest BCUT2D eigenvalue weighted by Crippen LogP contribution is 2.25. The number of methoxy groups -OCH3 is 1. The molecule has 0 spiro atoms. The van der Waals surface area contributed by atoms with Crippen LogP contribution < -0.4 is 10.6 Å². The van der Waals surface area contributed by atoms with Gasteiger partial charge in [0, 0.05) is 13.7 Å². The number of nitrogens with zero attached hydrogens (tertiary/aromatic N) is 3. The van der Waals surface area contributed by atoms with E-state index in [0.29, 0.717) is 22.6 Å². The van der Waals surface area contributed by atoms with Gasteiger partial charge in [0.25, 0.3) is 0 Å². The van der Waals surface area contributed by atoms with Gasteiger partial charge in [0.15, 0.2) is 4.34 Å². The molecule has 7 nitrogen and oxygen atoms in total. The maximum Gasteiger partial charge on any atom is 0.231 e. The van der Waals surface area contributed by atoms with E-state index in [9.17, 15) is 10.1 Å². The minimum absolute atomic E-state index is 0.0320. The lowest BCUT2D eigenvalue weighted by molar-refractivity contribution is -0.120. The molecule has 122 valence electrons. The molecule has 22 heavy (non-hydrogen) atoms. The van der Waals surface area contributed by atoms with E-state index in [4.69, 9.17) is 4.74 Å². The highest BCUT2D eigenvalue weighted by Gasteiger charge is 2.29. The maximum atomic E-state index is 12.0. The number of rotatable bonds is 9. The first-order valence-corrected chi connectivity index (χ1v) is 8.63. The molecule has 0 radical (unpaired) electrons. The predicted molar refractivity (Wildman–Crippen MR) is 88.0 cm³/mol. The van der Waals surface area contributed by atoms with E-state index in [1.54, 1.807) is 14.0 Å². The zero-order valence-corrected chi connectivity index (χ0v) is 14.8. The second kappa shape index (κ2) is 8.92. The van der Waals surface area contributed by atoms with Crippen molar-refractivity contribution in [2.45, 2.75) is 30.6 Å². The molecule has 1 atom stereocenters. The summed E-state index contributed by atoms with van der Waals surface area (Å²) < 4.78 is 5.64. The molecule has 9 heteroatoms. The van der Waals surface area contributed by atoms with Crippen LogP contribution >= 0.6 is 23.1 Å². The second-order valence-electron chi connectivity index (χ2n) is 5.10. The van der Waals surface area contributed by atoms with Gasteiger partial charge in [0.1, 0.15) is 5.54 Å². The molecular weight excluding hydrogens is 322 g/mol. The SMILES string of the molecule is COCCNc1nnc(SCC(=O)NC(C)(C#N)C(C)C)s1. The number of hydrogen-bond acceptors (Lipinski definition) is 8. The lowest BCUT2D eigenvalue weighted by atomic mass is 9.90. The summed E-state index contributed by atoms with van der Waals surface area (Å²) in [5, 5.41) is 23.7. The Morgan fingerprint density at radius 2 is 2.27 bits per heavy atom. The second-order valence-corrected chi connectivity index (χ2v) is 7.30. The van der Waals surface area contributed by atoms with Gasteiger partial charge in [0.05, 0.1) is 18.4 Å². The molecule has 0 aromatic carbocycles. The number of aromatic nitrogens is 2. The molecule has 1 aromatic rings. The van der Waals surface area contributed by atoms with Crippen LogP contribution in [0, 0.1) is 17.2 Å². The first-order valence-electron chi connectivity index (χ1n) is 6.82. The topological polar surface area (TPSA) is 99.9 Å². The molecule has 0 aliphatic heterocycles. The summed E-state index contributed by atoms with van der Waals surface area (Å²) in [6, 6.07) is 2.15. The van der Waals surface area contributed by atoms with Gasteiger partial charge in [-0.1, -0.05) is 36.9 Å². The van der Waals surface area contributed by atoms with Crippen LogP contribution in [0.1, 0.15) is 20.8 Å². The van der Waals surface area contributed by atoms with Gasteiger partial charge >= 0.3 is 0 Å². The van der Waals surface area contributed by atoms with E-state index in [2.05, 4.69) is 26.9 Å². The molecule has 2 N–H and O–H groups in total. The van der Waals surface area contributed by atoms with Gasteiger partial charge in [-0.25, -0.2) is 0 Å². The van der Waals surface area contributed by atoms with E-state index in [0.717, 1.165) is 0 Å². The number of amides is 1. The Kier molecular flexibility index (Phi) is 7.58. The number of hydrogen-bond donors (Lipinski definition) is 2. The summed E-state index contributed by atoms with van der Waals surface area (Å²) in [6.07, 6.45) is 0. The lowest BCUT2D eigenvalue weighted by Crippen LogP contribution is -2.49. The van der Waals surface area contributed by atoms with Gasteiger partial charge in [-0.15, -0.1) is 10.2 Å². The fourth-order valence-electron chi connectivity index (χ4n) is 1.35. The maximum absolute atomic E-state index is 12.0. The molecule has 1 aromatic heterocycles. The fraction of sp³-hybridized carbons (Fsp3) is 0.692. The predicted octanol–water partition coefficient (Wildman–Crippen LogP) is 1.74. The third-order valence-electron chi connectivity index (χ3n) is 3.10. The molecule has 0 fully saturated rings. The molecular formula is C13H21N5O2S2. The summed E-state index contributed by atoms with van der Waals surface area (Å²) in [5.74, 6) is 0.0490. The summed E-state index contributed by atoms with van der Waals surface area (Å²) >= 11 is 2.69. The van der Waals surface area contributed by atoms with Crippen LogP contribution in [0.2, 0.25) is 0 Å². The van der Waals surface area contributed by atoms with Crippen LogP contribution in [0.25, 0.3) is 0 Å². The van der Waals surface area contributed by atoms with Crippen LogP contribution in [0.5, 0.6) is 0 Å². The van der Waals surface area contributed by atoms with Crippen LogP contribution in [-0.2, 0) is 9.53 Å². The molecule has 0 saturated heterocycles. The number of thioether (sulfide) groups is 1. The molecule has 0 aliphatic rings. The zero-order valence-electron chi connectivity index (χ0n) is 13.2. The largest absolute Gasteiger partial charge is 0.383 e. The summed E-state index contributed by atoms with van der Waals surface area (Å²) in [6.45, 7) is 6.78. The Labute approximate surface area is 138 Å². The van der Waals surface area contributed by atoms with E-state index in [1.165, 1.54) is 23.1 Å². The fourth-order valence-corrected chi connectivity index (χ4v) is 2.93. The average Bonchev–Trinajstić information content (AvgIpc) is 2.93. The summed E-state index contributed by atoms with van der Waals surface area (Å²) in [7, 11) is 1.63. The minimum Gasteiger partial charge on any atom is -0.383 e.